The molecule has 4 heteroatoms. The van der Waals surface area contributed by atoms with Crippen molar-refractivity contribution >= 4 is 5.97 Å². The molecule has 0 aromatic carbocycles. The van der Waals surface area contributed by atoms with Gasteiger partial charge in [0.25, 0.3) is 0 Å². The van der Waals surface area contributed by atoms with E-state index in [4.69, 9.17) is 10.6 Å². The molecule has 1 aliphatic heterocycles. The van der Waals surface area contributed by atoms with E-state index in [0.717, 1.165) is 44.8 Å². The van der Waals surface area contributed by atoms with Gasteiger partial charge < -0.3 is 10.6 Å². The zero-order chi connectivity index (χ0) is 12.9. The second-order valence-electron chi connectivity index (χ2n) is 5.93. The number of nitrogens with two attached hydrogens (primary N) is 1. The molecule has 0 amide bonds. The number of carbonyl (C=O) groups excluding carboxylic acids is 1. The van der Waals surface area contributed by atoms with E-state index in [9.17, 15) is 4.79 Å². The monoisotopic (exact) mass is 242 g/mol. The molecular formula is C13H26N2O2. The molecule has 0 aromatic rings. The van der Waals surface area contributed by atoms with Crippen molar-refractivity contribution in [2.24, 2.45) is 17.1 Å². The van der Waals surface area contributed by atoms with Crippen LogP contribution in [0.25, 0.3) is 0 Å². The van der Waals surface area contributed by atoms with Crippen molar-refractivity contribution in [1.82, 2.24) is 5.06 Å². The molecule has 1 aliphatic rings. The molecule has 2 N–H and O–H groups in total. The predicted molar refractivity (Wildman–Crippen MR) is 68.1 cm³/mol. The van der Waals surface area contributed by atoms with Gasteiger partial charge in [0.15, 0.2) is 0 Å². The molecule has 1 saturated heterocycles. The van der Waals surface area contributed by atoms with Crippen LogP contribution in [-0.4, -0.2) is 30.7 Å². The summed E-state index contributed by atoms with van der Waals surface area (Å²) in [6.07, 6.45) is 4.53. The molecule has 1 fully saturated rings. The SMILES string of the molecule is CC(C)(C)C(=O)ON1CCC(CCCN)CC1. The van der Waals surface area contributed by atoms with Gasteiger partial charge in [-0.25, -0.2) is 4.79 Å². The van der Waals surface area contributed by atoms with Gasteiger partial charge in [-0.1, -0.05) is 0 Å². The van der Waals surface area contributed by atoms with Crippen LogP contribution in [0.2, 0.25) is 0 Å². The van der Waals surface area contributed by atoms with Gasteiger partial charge in [-0.15, -0.1) is 5.06 Å². The van der Waals surface area contributed by atoms with Crippen LogP contribution in [0.3, 0.4) is 0 Å². The van der Waals surface area contributed by atoms with Crippen molar-refractivity contribution in [3.05, 3.63) is 0 Å². The highest BCUT2D eigenvalue weighted by atomic mass is 16.7. The number of hydrogen-bond acceptors (Lipinski definition) is 4. The Morgan fingerprint density at radius 2 is 1.94 bits per heavy atom. The summed E-state index contributed by atoms with van der Waals surface area (Å²) in [4.78, 5) is 17.1. The van der Waals surface area contributed by atoms with Crippen molar-refractivity contribution in [1.29, 1.82) is 0 Å². The third kappa shape index (κ3) is 5.04. The van der Waals surface area contributed by atoms with Gasteiger partial charge in [0.05, 0.1) is 5.41 Å². The minimum absolute atomic E-state index is 0.141. The summed E-state index contributed by atoms with van der Waals surface area (Å²) in [6.45, 7) is 8.13. The summed E-state index contributed by atoms with van der Waals surface area (Å²) in [5.41, 5.74) is 5.09. The third-order valence-corrected chi connectivity index (χ3v) is 3.21. The summed E-state index contributed by atoms with van der Waals surface area (Å²) in [7, 11) is 0. The smallest absolute Gasteiger partial charge is 0.330 e. The molecule has 100 valence electrons. The normalized spacial score (nSPS) is 19.3. The molecule has 0 bridgehead atoms. The first-order chi connectivity index (χ1) is 7.93. The molecule has 1 rings (SSSR count). The summed E-state index contributed by atoms with van der Waals surface area (Å²) >= 11 is 0. The first kappa shape index (κ1) is 14.5. The maximum atomic E-state index is 11.7. The summed E-state index contributed by atoms with van der Waals surface area (Å²) in [5, 5.41) is 1.81. The highest BCUT2D eigenvalue weighted by Gasteiger charge is 2.28. The van der Waals surface area contributed by atoms with E-state index in [2.05, 4.69) is 0 Å². The Labute approximate surface area is 104 Å². The van der Waals surface area contributed by atoms with E-state index in [-0.39, 0.29) is 5.97 Å². The van der Waals surface area contributed by atoms with Gasteiger partial charge in [-0.05, 0) is 58.9 Å². The molecule has 4 nitrogen and oxygen atoms in total. The van der Waals surface area contributed by atoms with Crippen LogP contribution in [0.5, 0.6) is 0 Å². The van der Waals surface area contributed by atoms with Crippen LogP contribution in [0.15, 0.2) is 0 Å². The fourth-order valence-corrected chi connectivity index (χ4v) is 1.95. The average molecular weight is 242 g/mol. The number of nitrogens with zero attached hydrogens (tertiary/aromatic N) is 1. The van der Waals surface area contributed by atoms with Crippen LogP contribution in [0, 0.1) is 11.3 Å². The lowest BCUT2D eigenvalue weighted by molar-refractivity contribution is -0.206. The Bertz CT molecular complexity index is 240. The Balaban J connectivity index is 2.25. The van der Waals surface area contributed by atoms with Crippen molar-refractivity contribution in [3.8, 4) is 0 Å². The number of rotatable bonds is 4. The van der Waals surface area contributed by atoms with E-state index < -0.39 is 5.41 Å². The molecule has 0 atom stereocenters. The Morgan fingerprint density at radius 3 is 2.41 bits per heavy atom. The van der Waals surface area contributed by atoms with Crippen LogP contribution < -0.4 is 5.73 Å². The van der Waals surface area contributed by atoms with E-state index in [1.807, 2.05) is 25.8 Å². The summed E-state index contributed by atoms with van der Waals surface area (Å²) in [6, 6.07) is 0. The van der Waals surface area contributed by atoms with Gasteiger partial charge in [-0.2, -0.15) is 0 Å². The molecule has 1 heterocycles. The molecule has 0 aliphatic carbocycles. The lowest BCUT2D eigenvalue weighted by Gasteiger charge is -2.32. The average Bonchev–Trinajstić information content (AvgIpc) is 2.27. The first-order valence-corrected chi connectivity index (χ1v) is 6.61. The van der Waals surface area contributed by atoms with Crippen molar-refractivity contribution in [2.45, 2.75) is 46.5 Å². The van der Waals surface area contributed by atoms with Gasteiger partial charge >= 0.3 is 5.97 Å². The Hall–Kier alpha value is -0.610. The van der Waals surface area contributed by atoms with E-state index in [0.29, 0.717) is 0 Å². The number of hydroxylamine groups is 2. The molecule has 0 spiro atoms. The molecule has 0 saturated carbocycles. The predicted octanol–water partition coefficient (Wildman–Crippen LogP) is 1.94. The van der Waals surface area contributed by atoms with Gasteiger partial charge in [0, 0.05) is 13.1 Å². The maximum absolute atomic E-state index is 11.7. The van der Waals surface area contributed by atoms with Gasteiger partial charge in [0.1, 0.15) is 0 Å². The lowest BCUT2D eigenvalue weighted by Crippen LogP contribution is -2.38. The zero-order valence-corrected chi connectivity index (χ0v) is 11.4. The fourth-order valence-electron chi connectivity index (χ4n) is 1.95. The molecular weight excluding hydrogens is 216 g/mol. The van der Waals surface area contributed by atoms with Crippen molar-refractivity contribution < 1.29 is 9.63 Å². The van der Waals surface area contributed by atoms with Gasteiger partial charge in [0.2, 0.25) is 0 Å². The summed E-state index contributed by atoms with van der Waals surface area (Å²) < 4.78 is 0. The van der Waals surface area contributed by atoms with Crippen LogP contribution >= 0.6 is 0 Å². The van der Waals surface area contributed by atoms with Crippen LogP contribution in [0.1, 0.15) is 46.5 Å². The largest absolute Gasteiger partial charge is 0.367 e. The Kier molecular flexibility index (Phi) is 5.40. The van der Waals surface area contributed by atoms with E-state index in [1.165, 1.54) is 6.42 Å². The fraction of sp³-hybridized carbons (Fsp3) is 0.923. The highest BCUT2D eigenvalue weighted by Crippen LogP contribution is 2.23. The molecule has 0 radical (unpaired) electrons. The van der Waals surface area contributed by atoms with Crippen molar-refractivity contribution in [3.63, 3.8) is 0 Å². The molecule has 0 aromatic heterocycles. The third-order valence-electron chi connectivity index (χ3n) is 3.21. The summed E-state index contributed by atoms with van der Waals surface area (Å²) in [5.74, 6) is 0.612. The minimum atomic E-state index is -0.420. The van der Waals surface area contributed by atoms with Crippen molar-refractivity contribution in [2.75, 3.05) is 19.6 Å². The van der Waals surface area contributed by atoms with E-state index >= 15 is 0 Å². The minimum Gasteiger partial charge on any atom is -0.367 e. The quantitative estimate of drug-likeness (QED) is 0.818. The zero-order valence-electron chi connectivity index (χ0n) is 11.4. The van der Waals surface area contributed by atoms with Gasteiger partial charge in [-0.3, -0.25) is 0 Å². The lowest BCUT2D eigenvalue weighted by atomic mass is 9.93. The Morgan fingerprint density at radius 1 is 1.35 bits per heavy atom. The standard InChI is InChI=1S/C13H26N2O2/c1-13(2,3)12(16)17-15-9-6-11(7-10-15)5-4-8-14/h11H,4-10,14H2,1-3H3. The maximum Gasteiger partial charge on any atom is 0.330 e. The second kappa shape index (κ2) is 6.36. The topological polar surface area (TPSA) is 55.6 Å². The van der Waals surface area contributed by atoms with Crippen LogP contribution in [0.4, 0.5) is 0 Å². The number of carbonyl (C=O) groups is 1. The molecule has 17 heavy (non-hydrogen) atoms. The highest BCUT2D eigenvalue weighted by molar-refractivity contribution is 5.75. The number of piperidine rings is 1. The second-order valence-corrected chi connectivity index (χ2v) is 5.93. The number of hydrogen-bond donors (Lipinski definition) is 1. The van der Waals surface area contributed by atoms with E-state index in [1.54, 1.807) is 0 Å². The van der Waals surface area contributed by atoms with Crippen LogP contribution in [-0.2, 0) is 9.63 Å². The molecule has 0 unspecified atom stereocenters. The first-order valence-electron chi connectivity index (χ1n) is 6.61.